The van der Waals surface area contributed by atoms with Gasteiger partial charge in [-0.15, -0.1) is 0 Å². The SMILES string of the molecule is N#Cc1ccc(Br)cc1OCC1CO1. The van der Waals surface area contributed by atoms with E-state index in [1.165, 1.54) is 0 Å². The lowest BCUT2D eigenvalue weighted by molar-refractivity contribution is 0.262. The average molecular weight is 254 g/mol. The third-order valence-corrected chi connectivity index (χ3v) is 2.38. The monoisotopic (exact) mass is 253 g/mol. The van der Waals surface area contributed by atoms with Gasteiger partial charge in [-0.3, -0.25) is 0 Å². The number of hydrogen-bond acceptors (Lipinski definition) is 3. The number of ether oxygens (including phenoxy) is 2. The molecule has 1 aliphatic rings. The van der Waals surface area contributed by atoms with Crippen molar-refractivity contribution in [3.63, 3.8) is 0 Å². The molecule has 1 saturated heterocycles. The molecular formula is C10H8BrNO2. The van der Waals surface area contributed by atoms with Crippen molar-refractivity contribution in [1.82, 2.24) is 0 Å². The number of benzene rings is 1. The number of rotatable bonds is 3. The first-order valence-corrected chi connectivity index (χ1v) is 5.03. The first kappa shape index (κ1) is 9.50. The average Bonchev–Trinajstić information content (AvgIpc) is 2.98. The van der Waals surface area contributed by atoms with Crippen molar-refractivity contribution in [3.8, 4) is 11.8 Å². The van der Waals surface area contributed by atoms with E-state index in [0.717, 1.165) is 11.1 Å². The first-order valence-electron chi connectivity index (χ1n) is 4.23. The van der Waals surface area contributed by atoms with E-state index in [0.29, 0.717) is 17.9 Å². The van der Waals surface area contributed by atoms with Crippen molar-refractivity contribution < 1.29 is 9.47 Å². The maximum Gasteiger partial charge on any atom is 0.138 e. The standard InChI is InChI=1S/C10H8BrNO2/c11-8-2-1-7(4-12)10(3-8)14-6-9-5-13-9/h1-3,9H,5-6H2. The topological polar surface area (TPSA) is 45.5 Å². The van der Waals surface area contributed by atoms with Crippen LogP contribution in [0.2, 0.25) is 0 Å². The van der Waals surface area contributed by atoms with Crippen LogP contribution < -0.4 is 4.74 Å². The van der Waals surface area contributed by atoms with Crippen molar-refractivity contribution in [2.75, 3.05) is 13.2 Å². The fourth-order valence-corrected chi connectivity index (χ4v) is 1.40. The normalized spacial score (nSPS) is 18.7. The molecule has 0 saturated carbocycles. The van der Waals surface area contributed by atoms with Crippen LogP contribution in [0.4, 0.5) is 0 Å². The van der Waals surface area contributed by atoms with Crippen molar-refractivity contribution in [1.29, 1.82) is 5.26 Å². The summed E-state index contributed by atoms with van der Waals surface area (Å²) in [4.78, 5) is 0. The molecule has 1 aromatic rings. The van der Waals surface area contributed by atoms with Crippen LogP contribution in [-0.4, -0.2) is 19.3 Å². The summed E-state index contributed by atoms with van der Waals surface area (Å²) in [5.74, 6) is 0.609. The van der Waals surface area contributed by atoms with Gasteiger partial charge in [0.15, 0.2) is 0 Å². The first-order chi connectivity index (χ1) is 6.79. The molecule has 1 unspecified atom stereocenters. The number of nitriles is 1. The fraction of sp³-hybridized carbons (Fsp3) is 0.300. The van der Waals surface area contributed by atoms with E-state index >= 15 is 0 Å². The molecule has 0 amide bonds. The Hall–Kier alpha value is -1.05. The summed E-state index contributed by atoms with van der Waals surface area (Å²) in [6.45, 7) is 1.28. The molecule has 1 atom stereocenters. The van der Waals surface area contributed by atoms with Gasteiger partial charge in [0.2, 0.25) is 0 Å². The molecule has 1 aliphatic heterocycles. The zero-order chi connectivity index (χ0) is 9.97. The van der Waals surface area contributed by atoms with Crippen LogP contribution in [0.15, 0.2) is 22.7 Å². The molecule has 72 valence electrons. The second-order valence-corrected chi connectivity index (χ2v) is 3.93. The zero-order valence-electron chi connectivity index (χ0n) is 7.37. The molecule has 0 aromatic heterocycles. The van der Waals surface area contributed by atoms with E-state index in [2.05, 4.69) is 22.0 Å². The van der Waals surface area contributed by atoms with Gasteiger partial charge in [-0.25, -0.2) is 0 Å². The number of nitrogens with zero attached hydrogens (tertiary/aromatic N) is 1. The van der Waals surface area contributed by atoms with E-state index < -0.39 is 0 Å². The summed E-state index contributed by atoms with van der Waals surface area (Å²) in [6.07, 6.45) is 0.209. The summed E-state index contributed by atoms with van der Waals surface area (Å²) >= 11 is 3.33. The second kappa shape index (κ2) is 3.99. The molecule has 14 heavy (non-hydrogen) atoms. The summed E-state index contributed by atoms with van der Waals surface area (Å²) < 4.78 is 11.4. The van der Waals surface area contributed by atoms with E-state index in [9.17, 15) is 0 Å². The molecular weight excluding hydrogens is 246 g/mol. The highest BCUT2D eigenvalue weighted by Crippen LogP contribution is 2.24. The maximum atomic E-state index is 8.81. The lowest BCUT2D eigenvalue weighted by Crippen LogP contribution is -2.05. The van der Waals surface area contributed by atoms with Gasteiger partial charge < -0.3 is 9.47 Å². The van der Waals surface area contributed by atoms with Gasteiger partial charge in [0.25, 0.3) is 0 Å². The van der Waals surface area contributed by atoms with E-state index in [1.807, 2.05) is 6.07 Å². The van der Waals surface area contributed by atoms with E-state index in [1.54, 1.807) is 12.1 Å². The highest BCUT2D eigenvalue weighted by atomic mass is 79.9. The molecule has 1 fully saturated rings. The van der Waals surface area contributed by atoms with Crippen LogP contribution in [0, 0.1) is 11.3 Å². The second-order valence-electron chi connectivity index (χ2n) is 3.02. The molecule has 3 nitrogen and oxygen atoms in total. The van der Waals surface area contributed by atoms with Crippen molar-refractivity contribution in [2.45, 2.75) is 6.10 Å². The molecule has 0 aliphatic carbocycles. The lowest BCUT2D eigenvalue weighted by atomic mass is 10.2. The molecule has 2 rings (SSSR count). The molecule has 4 heteroatoms. The molecule has 1 aromatic carbocycles. The predicted octanol–water partition coefficient (Wildman–Crippen LogP) is 2.10. The van der Waals surface area contributed by atoms with Crippen molar-refractivity contribution in [2.24, 2.45) is 0 Å². The van der Waals surface area contributed by atoms with Gasteiger partial charge in [0.05, 0.1) is 12.2 Å². The van der Waals surface area contributed by atoms with Crippen LogP contribution in [0.25, 0.3) is 0 Å². The minimum atomic E-state index is 0.209. The van der Waals surface area contributed by atoms with Gasteiger partial charge in [0, 0.05) is 4.47 Å². The predicted molar refractivity (Wildman–Crippen MR) is 54.1 cm³/mol. The van der Waals surface area contributed by atoms with Crippen LogP contribution >= 0.6 is 15.9 Å². The molecule has 0 bridgehead atoms. The zero-order valence-corrected chi connectivity index (χ0v) is 8.95. The number of epoxide rings is 1. The van der Waals surface area contributed by atoms with Gasteiger partial charge in [0.1, 0.15) is 24.5 Å². The molecule has 0 radical (unpaired) electrons. The van der Waals surface area contributed by atoms with Crippen LogP contribution in [0.1, 0.15) is 5.56 Å². The van der Waals surface area contributed by atoms with Crippen LogP contribution in [0.3, 0.4) is 0 Å². The Morgan fingerprint density at radius 1 is 1.64 bits per heavy atom. The van der Waals surface area contributed by atoms with Crippen molar-refractivity contribution >= 4 is 15.9 Å². The van der Waals surface area contributed by atoms with Gasteiger partial charge in [-0.1, -0.05) is 15.9 Å². The summed E-state index contributed by atoms with van der Waals surface area (Å²) in [7, 11) is 0. The highest BCUT2D eigenvalue weighted by molar-refractivity contribution is 9.10. The lowest BCUT2D eigenvalue weighted by Gasteiger charge is -2.06. The largest absolute Gasteiger partial charge is 0.489 e. The minimum absolute atomic E-state index is 0.209. The van der Waals surface area contributed by atoms with Gasteiger partial charge in [-0.2, -0.15) is 5.26 Å². The fourth-order valence-electron chi connectivity index (χ4n) is 1.05. The third kappa shape index (κ3) is 2.25. The van der Waals surface area contributed by atoms with Crippen LogP contribution in [-0.2, 0) is 4.74 Å². The quantitative estimate of drug-likeness (QED) is 0.776. The summed E-state index contributed by atoms with van der Waals surface area (Å²) in [5.41, 5.74) is 0.550. The highest BCUT2D eigenvalue weighted by Gasteiger charge is 2.23. The van der Waals surface area contributed by atoms with Gasteiger partial charge >= 0.3 is 0 Å². The molecule has 0 N–H and O–H groups in total. The molecule has 1 heterocycles. The summed E-state index contributed by atoms with van der Waals surface area (Å²) in [6, 6.07) is 7.42. The van der Waals surface area contributed by atoms with Crippen molar-refractivity contribution in [3.05, 3.63) is 28.2 Å². The smallest absolute Gasteiger partial charge is 0.138 e. The third-order valence-electron chi connectivity index (χ3n) is 1.89. The Balaban J connectivity index is 2.12. The Morgan fingerprint density at radius 3 is 3.07 bits per heavy atom. The Bertz CT molecular complexity index is 382. The maximum absolute atomic E-state index is 8.81. The Kier molecular flexibility index (Phi) is 2.71. The Morgan fingerprint density at radius 2 is 2.43 bits per heavy atom. The van der Waals surface area contributed by atoms with Gasteiger partial charge in [-0.05, 0) is 18.2 Å². The number of hydrogen-bond donors (Lipinski definition) is 0. The van der Waals surface area contributed by atoms with E-state index in [4.69, 9.17) is 14.7 Å². The Labute approximate surface area is 90.4 Å². The molecule has 0 spiro atoms. The van der Waals surface area contributed by atoms with Crippen LogP contribution in [0.5, 0.6) is 5.75 Å². The van der Waals surface area contributed by atoms with E-state index in [-0.39, 0.29) is 6.10 Å². The summed E-state index contributed by atoms with van der Waals surface area (Å²) in [5, 5.41) is 8.81. The minimum Gasteiger partial charge on any atom is -0.489 e. The number of halogens is 1.